The van der Waals surface area contributed by atoms with Crippen LogP contribution < -0.4 is 4.74 Å². The maximum atomic E-state index is 12.2. The van der Waals surface area contributed by atoms with Gasteiger partial charge in [-0.2, -0.15) is 0 Å². The summed E-state index contributed by atoms with van der Waals surface area (Å²) in [7, 11) is 1.61. The number of carbonyl (C=O) groups is 1. The third-order valence-electron chi connectivity index (χ3n) is 3.11. The van der Waals surface area contributed by atoms with Gasteiger partial charge in [-0.3, -0.25) is 4.79 Å². The van der Waals surface area contributed by atoms with Crippen molar-refractivity contribution in [2.75, 3.05) is 26.1 Å². The molecule has 17 heavy (non-hydrogen) atoms. The number of alkyl halides is 1. The molecule has 1 amide bonds. The first-order valence-electron chi connectivity index (χ1n) is 5.72. The lowest BCUT2D eigenvalue weighted by Gasteiger charge is -2.15. The third-order valence-corrected chi connectivity index (χ3v) is 4.23. The molecule has 1 atom stereocenters. The highest BCUT2D eigenvalue weighted by Crippen LogP contribution is 2.26. The molecule has 1 unspecified atom stereocenters. The summed E-state index contributed by atoms with van der Waals surface area (Å²) in [5, 5.41) is 1.86. The summed E-state index contributed by atoms with van der Waals surface area (Å²) in [4.78, 5) is 14.9. The molecular weight excluding hydrogens is 258 g/mol. The number of hydrogen-bond donors (Lipinski definition) is 0. The van der Waals surface area contributed by atoms with Crippen LogP contribution in [0, 0.1) is 5.92 Å². The number of methoxy groups -OCH3 is 1. The number of halogens is 1. The van der Waals surface area contributed by atoms with Crippen molar-refractivity contribution >= 4 is 28.8 Å². The molecule has 2 rings (SSSR count). The maximum absolute atomic E-state index is 12.2. The van der Waals surface area contributed by atoms with E-state index in [1.54, 1.807) is 7.11 Å². The number of rotatable bonds is 4. The van der Waals surface area contributed by atoms with Gasteiger partial charge in [-0.25, -0.2) is 0 Å². The van der Waals surface area contributed by atoms with Gasteiger partial charge in [-0.1, -0.05) is 0 Å². The number of likely N-dealkylation sites (tertiary alicyclic amines) is 1. The van der Waals surface area contributed by atoms with Crippen LogP contribution in [0.5, 0.6) is 5.75 Å². The van der Waals surface area contributed by atoms with Gasteiger partial charge in [0.25, 0.3) is 5.91 Å². The van der Waals surface area contributed by atoms with Gasteiger partial charge in [0.2, 0.25) is 0 Å². The molecule has 1 fully saturated rings. The van der Waals surface area contributed by atoms with Gasteiger partial charge in [0.15, 0.2) is 0 Å². The Labute approximate surface area is 110 Å². The van der Waals surface area contributed by atoms with E-state index in [0.717, 1.165) is 36.6 Å². The zero-order chi connectivity index (χ0) is 12.3. The van der Waals surface area contributed by atoms with Crippen LogP contribution in [-0.2, 0) is 0 Å². The average Bonchev–Trinajstić information content (AvgIpc) is 2.97. The fourth-order valence-corrected chi connectivity index (χ4v) is 3.23. The minimum Gasteiger partial charge on any atom is -0.496 e. The predicted molar refractivity (Wildman–Crippen MR) is 70.2 cm³/mol. The van der Waals surface area contributed by atoms with Crippen molar-refractivity contribution in [1.82, 2.24) is 4.90 Å². The molecule has 0 spiro atoms. The Balaban J connectivity index is 1.96. The van der Waals surface area contributed by atoms with E-state index in [1.807, 2.05) is 16.3 Å². The molecule has 1 aromatic heterocycles. The Bertz CT molecular complexity index is 394. The molecule has 1 saturated heterocycles. The first kappa shape index (κ1) is 12.7. The Hall–Kier alpha value is -0.740. The molecule has 2 heterocycles. The summed E-state index contributed by atoms with van der Waals surface area (Å²) in [5.41, 5.74) is 0. The van der Waals surface area contributed by atoms with Crippen molar-refractivity contribution in [3.8, 4) is 5.75 Å². The maximum Gasteiger partial charge on any atom is 0.264 e. The normalized spacial score (nSPS) is 19.6. The molecule has 0 aromatic carbocycles. The molecular formula is C12H16ClNO2S. The first-order valence-corrected chi connectivity index (χ1v) is 7.13. The molecule has 0 bridgehead atoms. The average molecular weight is 274 g/mol. The Kier molecular flexibility index (Phi) is 4.29. The summed E-state index contributed by atoms with van der Waals surface area (Å²) in [5.74, 6) is 2.13. The number of thiophene rings is 1. The van der Waals surface area contributed by atoms with E-state index >= 15 is 0 Å². The van der Waals surface area contributed by atoms with Crippen molar-refractivity contribution in [1.29, 1.82) is 0 Å². The summed E-state index contributed by atoms with van der Waals surface area (Å²) in [6.45, 7) is 1.69. The SMILES string of the molecule is COc1csc(C(=O)N2CCC(CCCl)C2)c1. The van der Waals surface area contributed by atoms with E-state index in [4.69, 9.17) is 16.3 Å². The highest BCUT2D eigenvalue weighted by atomic mass is 35.5. The summed E-state index contributed by atoms with van der Waals surface area (Å²) in [6, 6.07) is 1.81. The monoisotopic (exact) mass is 273 g/mol. The number of hydrogen-bond acceptors (Lipinski definition) is 3. The molecule has 5 heteroatoms. The van der Waals surface area contributed by atoms with Gasteiger partial charge in [0.1, 0.15) is 5.75 Å². The van der Waals surface area contributed by atoms with Crippen LogP contribution in [0.2, 0.25) is 0 Å². The highest BCUT2D eigenvalue weighted by Gasteiger charge is 2.27. The second-order valence-corrected chi connectivity index (χ2v) is 5.52. The van der Waals surface area contributed by atoms with Crippen molar-refractivity contribution in [2.45, 2.75) is 12.8 Å². The molecule has 0 N–H and O–H groups in total. The van der Waals surface area contributed by atoms with Crippen LogP contribution in [0.4, 0.5) is 0 Å². The third kappa shape index (κ3) is 2.93. The van der Waals surface area contributed by atoms with Crippen molar-refractivity contribution in [3.05, 3.63) is 16.3 Å². The molecule has 1 aliphatic heterocycles. The topological polar surface area (TPSA) is 29.5 Å². The van der Waals surface area contributed by atoms with Gasteiger partial charge in [-0.15, -0.1) is 22.9 Å². The van der Waals surface area contributed by atoms with Crippen molar-refractivity contribution in [3.63, 3.8) is 0 Å². The number of amides is 1. The Morgan fingerprint density at radius 1 is 1.71 bits per heavy atom. The molecule has 3 nitrogen and oxygen atoms in total. The summed E-state index contributed by atoms with van der Waals surface area (Å²) < 4.78 is 5.09. The lowest BCUT2D eigenvalue weighted by molar-refractivity contribution is 0.0791. The quantitative estimate of drug-likeness (QED) is 0.790. The van der Waals surface area contributed by atoms with Crippen LogP contribution in [0.25, 0.3) is 0 Å². The fourth-order valence-electron chi connectivity index (χ4n) is 2.10. The van der Waals surface area contributed by atoms with Gasteiger partial charge >= 0.3 is 0 Å². The smallest absolute Gasteiger partial charge is 0.264 e. The van der Waals surface area contributed by atoms with Crippen LogP contribution in [0.3, 0.4) is 0 Å². The predicted octanol–water partition coefficient (Wildman–Crippen LogP) is 2.85. The molecule has 1 aliphatic rings. The Morgan fingerprint density at radius 3 is 3.18 bits per heavy atom. The molecule has 1 aromatic rings. The Morgan fingerprint density at radius 2 is 2.53 bits per heavy atom. The van der Waals surface area contributed by atoms with Crippen molar-refractivity contribution < 1.29 is 9.53 Å². The van der Waals surface area contributed by atoms with Crippen LogP contribution >= 0.6 is 22.9 Å². The second kappa shape index (κ2) is 5.74. The first-order chi connectivity index (χ1) is 8.24. The van der Waals surface area contributed by atoms with Gasteiger partial charge in [0, 0.05) is 30.4 Å². The molecule has 94 valence electrons. The molecule has 0 aliphatic carbocycles. The van der Waals surface area contributed by atoms with Crippen LogP contribution in [0.1, 0.15) is 22.5 Å². The van der Waals surface area contributed by atoms with E-state index < -0.39 is 0 Å². The second-order valence-electron chi connectivity index (χ2n) is 4.23. The van der Waals surface area contributed by atoms with Gasteiger partial charge < -0.3 is 9.64 Å². The standard InChI is InChI=1S/C12H16ClNO2S/c1-16-10-6-11(17-8-10)12(15)14-5-3-9(7-14)2-4-13/h6,8-9H,2-5,7H2,1H3. The number of carbonyl (C=O) groups excluding carboxylic acids is 1. The van der Waals surface area contributed by atoms with E-state index in [0.29, 0.717) is 11.8 Å². The zero-order valence-corrected chi connectivity index (χ0v) is 11.4. The largest absolute Gasteiger partial charge is 0.496 e. The van der Waals surface area contributed by atoms with E-state index in [-0.39, 0.29) is 5.91 Å². The minimum atomic E-state index is 0.121. The van der Waals surface area contributed by atoms with E-state index in [2.05, 4.69) is 0 Å². The highest BCUT2D eigenvalue weighted by molar-refractivity contribution is 7.12. The van der Waals surface area contributed by atoms with Crippen LogP contribution in [-0.4, -0.2) is 36.9 Å². The number of nitrogens with zero attached hydrogens (tertiary/aromatic N) is 1. The number of ether oxygens (including phenoxy) is 1. The zero-order valence-electron chi connectivity index (χ0n) is 9.82. The van der Waals surface area contributed by atoms with Gasteiger partial charge in [0.05, 0.1) is 12.0 Å². The molecule has 0 radical (unpaired) electrons. The van der Waals surface area contributed by atoms with E-state index in [9.17, 15) is 4.79 Å². The lowest BCUT2D eigenvalue weighted by Crippen LogP contribution is -2.28. The van der Waals surface area contributed by atoms with Gasteiger partial charge in [-0.05, 0) is 18.8 Å². The van der Waals surface area contributed by atoms with E-state index in [1.165, 1.54) is 11.3 Å². The van der Waals surface area contributed by atoms with Crippen LogP contribution in [0.15, 0.2) is 11.4 Å². The summed E-state index contributed by atoms with van der Waals surface area (Å²) >= 11 is 7.17. The minimum absolute atomic E-state index is 0.121. The fraction of sp³-hybridized carbons (Fsp3) is 0.583. The molecule has 0 saturated carbocycles. The van der Waals surface area contributed by atoms with Crippen molar-refractivity contribution in [2.24, 2.45) is 5.92 Å². The summed E-state index contributed by atoms with van der Waals surface area (Å²) in [6.07, 6.45) is 2.07. The lowest BCUT2D eigenvalue weighted by atomic mass is 10.1.